The van der Waals surface area contributed by atoms with Crippen molar-refractivity contribution in [2.24, 2.45) is 0 Å². The largest absolute Gasteiger partial charge is 0.464 e. The van der Waals surface area contributed by atoms with Gasteiger partial charge in [-0.3, -0.25) is 9.69 Å². The number of hydrogen-bond donors (Lipinski definition) is 2. The lowest BCUT2D eigenvalue weighted by atomic mass is 10.00. The quantitative estimate of drug-likeness (QED) is 0.818. The minimum atomic E-state index is -0.490. The molecule has 1 fully saturated rings. The molecule has 0 saturated carbocycles. The van der Waals surface area contributed by atoms with E-state index in [9.17, 15) is 9.59 Å². The molecule has 1 atom stereocenters. The molecule has 2 aromatic rings. The summed E-state index contributed by atoms with van der Waals surface area (Å²) in [5.41, 5.74) is 1.57. The second-order valence-corrected chi connectivity index (χ2v) is 6.49. The number of H-pyrrole nitrogens is 1. The van der Waals surface area contributed by atoms with E-state index in [0.29, 0.717) is 18.3 Å². The van der Waals surface area contributed by atoms with E-state index in [2.05, 4.69) is 22.1 Å². The first-order valence-corrected chi connectivity index (χ1v) is 8.87. The molecule has 134 valence electrons. The molecule has 1 aliphatic rings. The van der Waals surface area contributed by atoms with Crippen LogP contribution in [0.5, 0.6) is 0 Å². The van der Waals surface area contributed by atoms with Gasteiger partial charge in [-0.1, -0.05) is 31.5 Å². The number of benzene rings is 1. The van der Waals surface area contributed by atoms with Gasteiger partial charge in [0, 0.05) is 16.9 Å². The number of piperidine rings is 1. The summed E-state index contributed by atoms with van der Waals surface area (Å²) in [6.45, 7) is 3.46. The van der Waals surface area contributed by atoms with Crippen molar-refractivity contribution in [3.63, 3.8) is 0 Å². The fourth-order valence-corrected chi connectivity index (χ4v) is 3.62. The molecule has 6 nitrogen and oxygen atoms in total. The van der Waals surface area contributed by atoms with Crippen LogP contribution >= 0.6 is 0 Å². The van der Waals surface area contributed by atoms with Crippen LogP contribution in [0, 0.1) is 0 Å². The number of likely N-dealkylation sites (tertiary alicyclic amines) is 1. The topological polar surface area (TPSA) is 74.4 Å². The summed E-state index contributed by atoms with van der Waals surface area (Å²) in [4.78, 5) is 30.0. The Kier molecular flexibility index (Phi) is 5.38. The van der Waals surface area contributed by atoms with Gasteiger partial charge in [-0.15, -0.1) is 0 Å². The Hall–Kier alpha value is -2.34. The Labute approximate surface area is 147 Å². The van der Waals surface area contributed by atoms with Gasteiger partial charge < -0.3 is 15.0 Å². The molecule has 25 heavy (non-hydrogen) atoms. The number of carbonyl (C=O) groups excluding carboxylic acids is 2. The van der Waals surface area contributed by atoms with Gasteiger partial charge in [0.05, 0.1) is 19.3 Å². The van der Waals surface area contributed by atoms with E-state index in [4.69, 9.17) is 4.74 Å². The summed E-state index contributed by atoms with van der Waals surface area (Å²) in [5, 5.41) is 3.74. The zero-order valence-electron chi connectivity index (χ0n) is 14.8. The van der Waals surface area contributed by atoms with Crippen molar-refractivity contribution < 1.29 is 14.3 Å². The number of aromatic amines is 1. The smallest absolute Gasteiger partial charge is 0.356 e. The van der Waals surface area contributed by atoms with Crippen LogP contribution in [0.25, 0.3) is 10.9 Å². The van der Waals surface area contributed by atoms with Crippen molar-refractivity contribution in [1.82, 2.24) is 9.88 Å². The number of aromatic nitrogens is 1. The molecule has 1 aromatic carbocycles. The summed E-state index contributed by atoms with van der Waals surface area (Å²) in [6.07, 6.45) is 4.55. The van der Waals surface area contributed by atoms with Crippen LogP contribution < -0.4 is 5.32 Å². The number of anilines is 1. The summed E-state index contributed by atoms with van der Waals surface area (Å²) in [5.74, 6) is -0.592. The van der Waals surface area contributed by atoms with Crippen LogP contribution in [-0.4, -0.2) is 48.0 Å². The lowest BCUT2D eigenvalue weighted by Crippen LogP contribution is -2.43. The monoisotopic (exact) mass is 343 g/mol. The van der Waals surface area contributed by atoms with Crippen molar-refractivity contribution in [3.05, 3.63) is 30.0 Å². The van der Waals surface area contributed by atoms with Gasteiger partial charge in [-0.25, -0.2) is 4.79 Å². The van der Waals surface area contributed by atoms with Gasteiger partial charge in [0.25, 0.3) is 0 Å². The average Bonchev–Trinajstić information content (AvgIpc) is 3.00. The third-order valence-electron chi connectivity index (χ3n) is 4.93. The molecule has 3 rings (SSSR count). The Balaban J connectivity index is 1.81. The minimum Gasteiger partial charge on any atom is -0.464 e. The fraction of sp³-hybridized carbons (Fsp3) is 0.474. The van der Waals surface area contributed by atoms with Crippen molar-refractivity contribution in [2.45, 2.75) is 38.6 Å². The molecule has 0 spiro atoms. The number of carbonyl (C=O) groups is 2. The normalized spacial score (nSPS) is 18.2. The predicted octanol–water partition coefficient (Wildman–Crippen LogP) is 3.16. The first-order valence-electron chi connectivity index (χ1n) is 8.87. The molecular weight excluding hydrogens is 318 g/mol. The number of methoxy groups -OCH3 is 1. The van der Waals surface area contributed by atoms with Crippen LogP contribution in [0.1, 0.15) is 43.1 Å². The fourth-order valence-electron chi connectivity index (χ4n) is 3.62. The number of ether oxygens (including phenoxy) is 1. The minimum absolute atomic E-state index is 0.102. The van der Waals surface area contributed by atoms with Crippen LogP contribution in [0.4, 0.5) is 5.69 Å². The number of hydrogen-bond acceptors (Lipinski definition) is 4. The van der Waals surface area contributed by atoms with E-state index in [1.54, 1.807) is 0 Å². The summed E-state index contributed by atoms with van der Waals surface area (Å²) < 4.78 is 4.84. The Morgan fingerprint density at radius 1 is 1.32 bits per heavy atom. The van der Waals surface area contributed by atoms with E-state index in [1.807, 2.05) is 24.3 Å². The number of rotatable bonds is 5. The molecule has 1 aliphatic heterocycles. The highest BCUT2D eigenvalue weighted by Crippen LogP contribution is 2.28. The molecule has 0 bridgehead atoms. The van der Waals surface area contributed by atoms with Gasteiger partial charge >= 0.3 is 5.97 Å². The van der Waals surface area contributed by atoms with Crippen molar-refractivity contribution >= 4 is 28.5 Å². The average molecular weight is 343 g/mol. The molecule has 6 heteroatoms. The highest BCUT2D eigenvalue weighted by Gasteiger charge is 2.25. The van der Waals surface area contributed by atoms with Crippen molar-refractivity contribution in [1.29, 1.82) is 0 Å². The van der Waals surface area contributed by atoms with E-state index in [0.717, 1.165) is 36.7 Å². The maximum Gasteiger partial charge on any atom is 0.356 e. The van der Waals surface area contributed by atoms with E-state index >= 15 is 0 Å². The van der Waals surface area contributed by atoms with Crippen molar-refractivity contribution in [3.8, 4) is 0 Å². The third kappa shape index (κ3) is 3.69. The van der Waals surface area contributed by atoms with Gasteiger partial charge in [0.15, 0.2) is 0 Å². The first-order chi connectivity index (χ1) is 12.1. The summed E-state index contributed by atoms with van der Waals surface area (Å²) in [7, 11) is 1.33. The van der Waals surface area contributed by atoms with E-state index in [-0.39, 0.29) is 11.6 Å². The lowest BCUT2D eigenvalue weighted by Gasteiger charge is -2.34. The van der Waals surface area contributed by atoms with Gasteiger partial charge in [0.2, 0.25) is 5.91 Å². The van der Waals surface area contributed by atoms with Crippen molar-refractivity contribution in [2.75, 3.05) is 25.5 Å². The Bertz CT molecular complexity index is 768. The molecular formula is C19H25N3O3. The number of nitrogens with one attached hydrogen (secondary N) is 2. The SMILES string of the molecule is CC[C@@H]1CCCCN1CC(=O)Nc1c(C(=O)OC)[nH]c2ccccc12. The molecule has 1 aromatic heterocycles. The van der Waals surface area contributed by atoms with Crippen LogP contribution in [0.2, 0.25) is 0 Å². The first kappa shape index (κ1) is 17.5. The van der Waals surface area contributed by atoms with Crippen LogP contribution in [0.15, 0.2) is 24.3 Å². The highest BCUT2D eigenvalue weighted by atomic mass is 16.5. The van der Waals surface area contributed by atoms with Crippen LogP contribution in [-0.2, 0) is 9.53 Å². The zero-order chi connectivity index (χ0) is 17.8. The Morgan fingerprint density at radius 2 is 2.12 bits per heavy atom. The molecule has 1 amide bonds. The summed E-state index contributed by atoms with van der Waals surface area (Å²) in [6, 6.07) is 7.97. The molecule has 0 radical (unpaired) electrons. The molecule has 0 aliphatic carbocycles. The van der Waals surface area contributed by atoms with E-state index in [1.165, 1.54) is 13.5 Å². The lowest BCUT2D eigenvalue weighted by molar-refractivity contribution is -0.118. The second kappa shape index (κ2) is 7.70. The molecule has 2 N–H and O–H groups in total. The number of fused-ring (bicyclic) bond motifs is 1. The maximum absolute atomic E-state index is 12.6. The van der Waals surface area contributed by atoms with Gasteiger partial charge in [-0.2, -0.15) is 0 Å². The standard InChI is InChI=1S/C19H25N3O3/c1-3-13-8-6-7-11-22(13)12-16(23)21-17-14-9-4-5-10-15(14)20-18(17)19(24)25-2/h4-5,9-10,13,20H,3,6-8,11-12H2,1-2H3,(H,21,23)/t13-/m1/s1. The molecule has 0 unspecified atom stereocenters. The number of nitrogens with zero attached hydrogens (tertiary/aromatic N) is 1. The van der Waals surface area contributed by atoms with Crippen LogP contribution in [0.3, 0.4) is 0 Å². The maximum atomic E-state index is 12.6. The van der Waals surface area contributed by atoms with Gasteiger partial charge in [-0.05, 0) is 31.9 Å². The predicted molar refractivity (Wildman–Crippen MR) is 97.8 cm³/mol. The zero-order valence-corrected chi connectivity index (χ0v) is 14.8. The summed E-state index contributed by atoms with van der Waals surface area (Å²) >= 11 is 0. The van der Waals surface area contributed by atoms with E-state index < -0.39 is 5.97 Å². The third-order valence-corrected chi connectivity index (χ3v) is 4.93. The second-order valence-electron chi connectivity index (χ2n) is 6.49. The highest BCUT2D eigenvalue weighted by molar-refractivity contribution is 6.11. The molecule has 1 saturated heterocycles. The Morgan fingerprint density at radius 3 is 2.88 bits per heavy atom. The number of para-hydroxylation sites is 1. The number of amides is 1. The van der Waals surface area contributed by atoms with Gasteiger partial charge in [0.1, 0.15) is 5.69 Å². The molecule has 2 heterocycles. The number of esters is 1.